The second kappa shape index (κ2) is 17.7. The van der Waals surface area contributed by atoms with E-state index in [2.05, 4.69) is 25.4 Å². The monoisotopic (exact) mass is 316 g/mol. The van der Waals surface area contributed by atoms with E-state index in [1.165, 1.54) is 0 Å². The molecule has 0 aliphatic carbocycles. The molecule has 2 rings (SSSR count). The van der Waals surface area contributed by atoms with Crippen LogP contribution in [0.2, 0.25) is 0 Å². The van der Waals surface area contributed by atoms with Crippen molar-refractivity contribution in [3.05, 3.63) is 49.8 Å². The van der Waals surface area contributed by atoms with Gasteiger partial charge in [0.05, 0.1) is 18.9 Å². The number of nitrogens with one attached hydrogen (secondary N) is 1. The second-order valence-electron chi connectivity index (χ2n) is 2.81. The Labute approximate surface area is 127 Å². The summed E-state index contributed by atoms with van der Waals surface area (Å²) in [5.41, 5.74) is 4.40. The fraction of sp³-hybridized carbons (Fsp3) is 0.250. The minimum atomic E-state index is -0.271. The van der Waals surface area contributed by atoms with E-state index in [0.717, 1.165) is 11.3 Å². The van der Waals surface area contributed by atoms with E-state index >= 15 is 0 Å². The van der Waals surface area contributed by atoms with E-state index in [1.807, 2.05) is 24.3 Å². The van der Waals surface area contributed by atoms with Crippen molar-refractivity contribution < 1.29 is 40.8 Å². The van der Waals surface area contributed by atoms with Gasteiger partial charge < -0.3 is 14.9 Å². The van der Waals surface area contributed by atoms with Crippen molar-refractivity contribution in [2.45, 2.75) is 6.29 Å². The Morgan fingerprint density at radius 2 is 1.45 bits per heavy atom. The summed E-state index contributed by atoms with van der Waals surface area (Å²) in [5.74, 6) is 5.36. The Balaban J connectivity index is -0.000000368. The van der Waals surface area contributed by atoms with E-state index in [1.54, 1.807) is 0 Å². The predicted molar refractivity (Wildman–Crippen MR) is 60.7 cm³/mol. The summed E-state index contributed by atoms with van der Waals surface area (Å²) in [4.78, 5) is 0. The van der Waals surface area contributed by atoms with Crippen LogP contribution in [0.1, 0.15) is 11.9 Å². The van der Waals surface area contributed by atoms with Crippen LogP contribution in [0.15, 0.2) is 24.3 Å². The first-order valence-electron chi connectivity index (χ1n) is 4.82. The third kappa shape index (κ3) is 7.95. The van der Waals surface area contributed by atoms with Crippen LogP contribution in [-0.2, 0) is 40.8 Å². The molecule has 1 aliphatic rings. The van der Waals surface area contributed by atoms with Crippen LogP contribution in [0.4, 0.5) is 5.69 Å². The Morgan fingerprint density at radius 1 is 1.00 bits per heavy atom. The van der Waals surface area contributed by atoms with Gasteiger partial charge in [0.25, 0.3) is 0 Å². The van der Waals surface area contributed by atoms with E-state index in [4.69, 9.17) is 29.3 Å². The maximum Gasteiger partial charge on any atom is 0 e. The SMILES string of the molecule is NNc1ccccc1C1OCCO1.[C-]#[O+].[C-]#[O+].[C-]#[O+].[Cr]. The molecular formula is C12H12CrN2O5. The molecule has 3 N–H and O–H groups in total. The van der Waals surface area contributed by atoms with E-state index < -0.39 is 0 Å². The number of hydrogen-bond donors (Lipinski definition) is 2. The molecule has 1 aromatic carbocycles. The summed E-state index contributed by atoms with van der Waals surface area (Å²) in [6.07, 6.45) is -0.271. The summed E-state index contributed by atoms with van der Waals surface area (Å²) in [6.45, 7) is 14.8. The predicted octanol–water partition coefficient (Wildman–Crippen LogP) is 0.903. The topological polar surface area (TPSA) is 116 Å². The average molecular weight is 316 g/mol. The van der Waals surface area contributed by atoms with Crippen molar-refractivity contribution in [2.75, 3.05) is 18.6 Å². The molecule has 0 bridgehead atoms. The zero-order valence-electron chi connectivity index (χ0n) is 10.3. The third-order valence-corrected chi connectivity index (χ3v) is 1.99. The first-order chi connectivity index (χ1) is 9.42. The van der Waals surface area contributed by atoms with Crippen molar-refractivity contribution in [1.82, 2.24) is 0 Å². The molecule has 0 spiro atoms. The molecule has 0 unspecified atom stereocenters. The molecular weight excluding hydrogens is 304 g/mol. The largest absolute Gasteiger partial charge is 0 e. The van der Waals surface area contributed by atoms with E-state index in [-0.39, 0.29) is 23.7 Å². The molecule has 0 saturated carbocycles. The maximum atomic E-state index is 7.50. The number of rotatable bonds is 2. The summed E-state index contributed by atoms with van der Waals surface area (Å²) in [7, 11) is 0. The molecule has 106 valence electrons. The number of nitrogens with two attached hydrogens (primary N) is 1. The van der Waals surface area contributed by atoms with Gasteiger partial charge in [0.15, 0.2) is 6.29 Å². The van der Waals surface area contributed by atoms with Crippen LogP contribution in [0.3, 0.4) is 0 Å². The first kappa shape index (κ1) is 23.7. The normalized spacial score (nSPS) is 11.8. The minimum absolute atomic E-state index is 0. The van der Waals surface area contributed by atoms with Gasteiger partial charge in [-0.3, -0.25) is 5.84 Å². The molecule has 0 amide bonds. The Morgan fingerprint density at radius 3 is 1.90 bits per heavy atom. The molecule has 0 radical (unpaired) electrons. The maximum absolute atomic E-state index is 7.50. The fourth-order valence-electron chi connectivity index (χ4n) is 1.37. The molecule has 1 saturated heterocycles. The van der Waals surface area contributed by atoms with E-state index in [9.17, 15) is 0 Å². The van der Waals surface area contributed by atoms with Crippen molar-refractivity contribution in [1.29, 1.82) is 0 Å². The first-order valence-corrected chi connectivity index (χ1v) is 4.82. The number of nitrogen functional groups attached to an aromatic ring is 1. The van der Waals surface area contributed by atoms with Gasteiger partial charge in [-0.1, -0.05) is 18.2 Å². The molecule has 1 aliphatic heterocycles. The van der Waals surface area contributed by atoms with Crippen molar-refractivity contribution in [2.24, 2.45) is 5.84 Å². The molecule has 0 atom stereocenters. The third-order valence-electron chi connectivity index (χ3n) is 1.99. The molecule has 20 heavy (non-hydrogen) atoms. The molecule has 1 heterocycles. The average Bonchev–Trinajstić information content (AvgIpc) is 3.07. The zero-order chi connectivity index (χ0) is 15.1. The Kier molecular flexibility index (Phi) is 20.9. The summed E-state index contributed by atoms with van der Waals surface area (Å²) in [5, 5.41) is 0. The van der Waals surface area contributed by atoms with Crippen LogP contribution in [0, 0.1) is 20.0 Å². The number of para-hydroxylation sites is 1. The van der Waals surface area contributed by atoms with Crippen LogP contribution in [0.25, 0.3) is 0 Å². The molecule has 1 fully saturated rings. The van der Waals surface area contributed by atoms with Gasteiger partial charge in [-0.15, -0.1) is 0 Å². The van der Waals surface area contributed by atoms with Gasteiger partial charge in [-0.2, -0.15) is 0 Å². The summed E-state index contributed by atoms with van der Waals surface area (Å²) in [6, 6.07) is 7.67. The van der Waals surface area contributed by atoms with Crippen LogP contribution < -0.4 is 11.3 Å². The van der Waals surface area contributed by atoms with Crippen LogP contribution in [-0.4, -0.2) is 13.2 Å². The zero-order valence-corrected chi connectivity index (χ0v) is 11.6. The molecule has 1 aromatic rings. The van der Waals surface area contributed by atoms with Crippen molar-refractivity contribution in [3.8, 4) is 0 Å². The number of ether oxygens (including phenoxy) is 2. The number of hydrazine groups is 1. The standard InChI is InChI=1S/C9H12N2O2.3CO.Cr/c10-11-8-4-2-1-3-7(8)9-12-5-6-13-9;3*1-2;/h1-4,9,11H,5-6,10H2;;;;. The number of hydrogen-bond acceptors (Lipinski definition) is 4. The molecule has 8 heteroatoms. The van der Waals surface area contributed by atoms with Gasteiger partial charge in [0.1, 0.15) is 0 Å². The van der Waals surface area contributed by atoms with Gasteiger partial charge in [-0.05, 0) is 6.07 Å². The minimum Gasteiger partial charge on any atom is 0 e. The van der Waals surface area contributed by atoms with Gasteiger partial charge >= 0.3 is 33.9 Å². The van der Waals surface area contributed by atoms with Crippen molar-refractivity contribution in [3.63, 3.8) is 0 Å². The molecule has 0 aromatic heterocycles. The number of anilines is 1. The van der Waals surface area contributed by atoms with Gasteiger partial charge in [-0.25, -0.2) is 0 Å². The van der Waals surface area contributed by atoms with Gasteiger partial charge in [0.2, 0.25) is 0 Å². The summed E-state index contributed by atoms with van der Waals surface area (Å²) < 4.78 is 33.2. The fourth-order valence-corrected chi connectivity index (χ4v) is 1.37. The summed E-state index contributed by atoms with van der Waals surface area (Å²) >= 11 is 0. The quantitative estimate of drug-likeness (QED) is 0.365. The van der Waals surface area contributed by atoms with Gasteiger partial charge in [0, 0.05) is 22.9 Å². The molecule has 7 nitrogen and oxygen atoms in total. The van der Waals surface area contributed by atoms with Crippen LogP contribution in [0.5, 0.6) is 0 Å². The Hall–Kier alpha value is -1.35. The number of benzene rings is 1. The van der Waals surface area contributed by atoms with Crippen molar-refractivity contribution >= 4 is 5.69 Å². The Bertz CT molecular complexity index is 388. The van der Waals surface area contributed by atoms with E-state index in [0.29, 0.717) is 13.2 Å². The van der Waals surface area contributed by atoms with Crippen LogP contribution >= 0.6 is 0 Å². The second-order valence-corrected chi connectivity index (χ2v) is 2.81. The smallest absolute Gasteiger partial charge is 0 e.